The van der Waals surface area contributed by atoms with E-state index in [-0.39, 0.29) is 17.4 Å². The fourth-order valence-corrected chi connectivity index (χ4v) is 4.69. The summed E-state index contributed by atoms with van der Waals surface area (Å²) < 4.78 is 15.4. The molecular weight excluding hydrogens is 382 g/mol. The molecule has 1 aliphatic heterocycles. The lowest BCUT2D eigenvalue weighted by molar-refractivity contribution is 0.0161. The number of carbonyl (C=O) groups excluding carboxylic acids is 1. The molecule has 0 radical (unpaired) electrons. The molecule has 2 fully saturated rings. The lowest BCUT2D eigenvalue weighted by Crippen LogP contribution is -2.31. The molecule has 0 spiro atoms. The highest BCUT2D eigenvalue weighted by molar-refractivity contribution is 6.05. The minimum absolute atomic E-state index is 0.0621. The zero-order chi connectivity index (χ0) is 20.9. The van der Waals surface area contributed by atoms with Gasteiger partial charge in [0, 0.05) is 49.8 Å². The highest BCUT2D eigenvalue weighted by Gasteiger charge is 2.45. The standard InChI is InChI=1S/C22H27N5O3/c1-14(2)30-17-10-20-23-18(22-6-4-15(11-22)29-9-7-22)13-27(20)12-16(17)21(28)24-19-5-8-26(3)25-19/h5,8,10,12-15H,4,6-7,9,11H2,1-3H3,(H,24,25,28)/t15-,22+/m1/s1. The third-order valence-electron chi connectivity index (χ3n) is 6.16. The maximum absolute atomic E-state index is 13.0. The molecule has 2 bridgehead atoms. The Morgan fingerprint density at radius 2 is 2.23 bits per heavy atom. The maximum Gasteiger partial charge on any atom is 0.262 e. The van der Waals surface area contributed by atoms with Gasteiger partial charge in [-0.25, -0.2) is 4.98 Å². The molecule has 0 aromatic carbocycles. The number of anilines is 1. The van der Waals surface area contributed by atoms with Gasteiger partial charge < -0.3 is 19.2 Å². The first-order valence-electron chi connectivity index (χ1n) is 10.5. The van der Waals surface area contributed by atoms with E-state index in [9.17, 15) is 4.79 Å². The number of hydrogen-bond acceptors (Lipinski definition) is 5. The van der Waals surface area contributed by atoms with E-state index in [1.54, 1.807) is 16.9 Å². The van der Waals surface area contributed by atoms with Crippen molar-refractivity contribution in [1.82, 2.24) is 19.2 Å². The Labute approximate surface area is 175 Å². The first-order valence-corrected chi connectivity index (χ1v) is 10.5. The van der Waals surface area contributed by atoms with Crippen molar-refractivity contribution < 1.29 is 14.3 Å². The number of imidazole rings is 1. The van der Waals surface area contributed by atoms with Crippen molar-refractivity contribution >= 4 is 17.4 Å². The fraction of sp³-hybridized carbons (Fsp3) is 0.500. The van der Waals surface area contributed by atoms with Crippen molar-refractivity contribution in [2.45, 2.75) is 57.2 Å². The van der Waals surface area contributed by atoms with Gasteiger partial charge in [-0.15, -0.1) is 0 Å². The van der Waals surface area contributed by atoms with E-state index in [4.69, 9.17) is 14.5 Å². The molecule has 5 rings (SSSR count). The zero-order valence-electron chi connectivity index (χ0n) is 17.6. The van der Waals surface area contributed by atoms with Gasteiger partial charge in [0.15, 0.2) is 5.82 Å². The van der Waals surface area contributed by atoms with E-state index in [1.165, 1.54) is 0 Å². The van der Waals surface area contributed by atoms with Gasteiger partial charge in [0.25, 0.3) is 5.91 Å². The molecule has 1 aliphatic carbocycles. The summed E-state index contributed by atoms with van der Waals surface area (Å²) in [6, 6.07) is 3.62. The van der Waals surface area contributed by atoms with Crippen LogP contribution in [0.1, 0.15) is 55.6 Å². The number of aryl methyl sites for hydroxylation is 1. The Hall–Kier alpha value is -2.87. The van der Waals surface area contributed by atoms with Crippen molar-refractivity contribution in [3.8, 4) is 5.75 Å². The van der Waals surface area contributed by atoms with E-state index in [1.807, 2.05) is 37.6 Å². The molecule has 2 atom stereocenters. The van der Waals surface area contributed by atoms with Gasteiger partial charge in [-0.3, -0.25) is 9.48 Å². The van der Waals surface area contributed by atoms with E-state index in [2.05, 4.69) is 16.6 Å². The first-order chi connectivity index (χ1) is 14.4. The number of hydrogen-bond donors (Lipinski definition) is 1. The van der Waals surface area contributed by atoms with Crippen molar-refractivity contribution in [3.63, 3.8) is 0 Å². The molecule has 0 unspecified atom stereocenters. The van der Waals surface area contributed by atoms with Crippen molar-refractivity contribution in [2.24, 2.45) is 7.05 Å². The Morgan fingerprint density at radius 1 is 1.37 bits per heavy atom. The second-order valence-electron chi connectivity index (χ2n) is 8.70. The smallest absolute Gasteiger partial charge is 0.262 e. The molecule has 2 aliphatic rings. The summed E-state index contributed by atoms with van der Waals surface area (Å²) in [5.74, 6) is 0.769. The summed E-state index contributed by atoms with van der Waals surface area (Å²) in [5, 5.41) is 7.08. The van der Waals surface area contributed by atoms with Crippen molar-refractivity contribution in [1.29, 1.82) is 0 Å². The Balaban J connectivity index is 1.53. The SMILES string of the molecule is CC(C)Oc1cc2nc([C@]34CCO[C@H](CC3)C4)cn2cc1C(=O)Nc1ccn(C)n1. The molecular formula is C22H27N5O3. The molecule has 30 heavy (non-hydrogen) atoms. The minimum Gasteiger partial charge on any atom is -0.490 e. The minimum atomic E-state index is -0.258. The van der Waals surface area contributed by atoms with Gasteiger partial charge in [-0.2, -0.15) is 5.10 Å². The van der Waals surface area contributed by atoms with E-state index >= 15 is 0 Å². The molecule has 4 heterocycles. The zero-order valence-corrected chi connectivity index (χ0v) is 17.6. The molecule has 8 heteroatoms. The van der Waals surface area contributed by atoms with Gasteiger partial charge in [0.1, 0.15) is 11.4 Å². The fourth-order valence-electron chi connectivity index (χ4n) is 4.69. The highest BCUT2D eigenvalue weighted by Crippen LogP contribution is 2.47. The molecule has 158 valence electrons. The topological polar surface area (TPSA) is 82.7 Å². The lowest BCUT2D eigenvalue weighted by atomic mass is 9.79. The van der Waals surface area contributed by atoms with Crippen LogP contribution in [0.15, 0.2) is 30.7 Å². The average molecular weight is 409 g/mol. The van der Waals surface area contributed by atoms with E-state index in [0.29, 0.717) is 23.2 Å². The summed E-state index contributed by atoms with van der Waals surface area (Å²) in [7, 11) is 1.81. The number of ether oxygens (including phenoxy) is 2. The van der Waals surface area contributed by atoms with Crippen molar-refractivity contribution in [2.75, 3.05) is 11.9 Å². The van der Waals surface area contributed by atoms with Gasteiger partial charge in [-0.05, 0) is 39.5 Å². The quantitative estimate of drug-likeness (QED) is 0.699. The lowest BCUT2D eigenvalue weighted by Gasteiger charge is -2.31. The predicted octanol–water partition coefficient (Wildman–Crippen LogP) is 3.32. The Kier molecular flexibility index (Phi) is 4.54. The predicted molar refractivity (Wildman–Crippen MR) is 112 cm³/mol. The van der Waals surface area contributed by atoms with Gasteiger partial charge in [0.2, 0.25) is 0 Å². The van der Waals surface area contributed by atoms with Gasteiger partial charge in [0.05, 0.1) is 23.5 Å². The number of aromatic nitrogens is 4. The van der Waals surface area contributed by atoms with Crippen molar-refractivity contribution in [3.05, 3.63) is 42.0 Å². The summed E-state index contributed by atoms with van der Waals surface area (Å²) >= 11 is 0. The van der Waals surface area contributed by atoms with Crippen LogP contribution in [0.2, 0.25) is 0 Å². The third kappa shape index (κ3) is 3.35. The number of amides is 1. The largest absolute Gasteiger partial charge is 0.490 e. The third-order valence-corrected chi connectivity index (χ3v) is 6.16. The number of nitrogens with zero attached hydrogens (tertiary/aromatic N) is 4. The second-order valence-corrected chi connectivity index (χ2v) is 8.70. The molecule has 8 nitrogen and oxygen atoms in total. The summed E-state index contributed by atoms with van der Waals surface area (Å²) in [6.45, 7) is 4.68. The molecule has 1 N–H and O–H groups in total. The van der Waals surface area contributed by atoms with Crippen LogP contribution in [0, 0.1) is 0 Å². The van der Waals surface area contributed by atoms with Gasteiger partial charge in [-0.1, -0.05) is 0 Å². The second kappa shape index (κ2) is 7.12. The monoisotopic (exact) mass is 409 g/mol. The number of nitrogens with one attached hydrogen (secondary N) is 1. The molecule has 3 aromatic rings. The molecule has 1 amide bonds. The van der Waals surface area contributed by atoms with Crippen LogP contribution in [0.3, 0.4) is 0 Å². The molecule has 1 saturated heterocycles. The van der Waals surface area contributed by atoms with Crippen LogP contribution in [0.5, 0.6) is 5.75 Å². The van der Waals surface area contributed by atoms with Crippen LogP contribution in [0.4, 0.5) is 5.82 Å². The Bertz CT molecular complexity index is 1100. The van der Waals surface area contributed by atoms with Crippen LogP contribution < -0.4 is 10.1 Å². The number of rotatable bonds is 5. The van der Waals surface area contributed by atoms with E-state index in [0.717, 1.165) is 43.6 Å². The summed E-state index contributed by atoms with van der Waals surface area (Å²) in [6.07, 6.45) is 10.2. The Morgan fingerprint density at radius 3 is 3.00 bits per heavy atom. The maximum atomic E-state index is 13.0. The first kappa shape index (κ1) is 19.1. The van der Waals surface area contributed by atoms with Crippen LogP contribution in [-0.4, -0.2) is 43.9 Å². The van der Waals surface area contributed by atoms with Crippen LogP contribution in [-0.2, 0) is 17.2 Å². The average Bonchev–Trinajstić information content (AvgIpc) is 3.38. The summed E-state index contributed by atoms with van der Waals surface area (Å²) in [5.41, 5.74) is 2.43. The van der Waals surface area contributed by atoms with E-state index < -0.39 is 0 Å². The number of carbonyl (C=O) groups is 1. The number of fused-ring (bicyclic) bond motifs is 3. The normalized spacial score (nSPS) is 23.3. The van der Waals surface area contributed by atoms with Crippen LogP contribution in [0.25, 0.3) is 5.65 Å². The van der Waals surface area contributed by atoms with Gasteiger partial charge >= 0.3 is 0 Å². The number of pyridine rings is 1. The van der Waals surface area contributed by atoms with Crippen LogP contribution >= 0.6 is 0 Å². The molecule has 3 aromatic heterocycles. The summed E-state index contributed by atoms with van der Waals surface area (Å²) in [4.78, 5) is 18.0. The molecule has 1 saturated carbocycles. The highest BCUT2D eigenvalue weighted by atomic mass is 16.5.